The van der Waals surface area contributed by atoms with E-state index in [1.165, 1.54) is 0 Å². The van der Waals surface area contributed by atoms with Crippen molar-refractivity contribution in [2.24, 2.45) is 0 Å². The summed E-state index contributed by atoms with van der Waals surface area (Å²) >= 11 is 1.66. The molecule has 1 aliphatic heterocycles. The molecule has 0 radical (unpaired) electrons. The Morgan fingerprint density at radius 3 is 2.27 bits per heavy atom. The van der Waals surface area contributed by atoms with Crippen molar-refractivity contribution in [3.8, 4) is 0 Å². The van der Waals surface area contributed by atoms with Gasteiger partial charge >= 0.3 is 0 Å². The monoisotopic (exact) mass is 368 g/mol. The van der Waals surface area contributed by atoms with E-state index in [1.807, 2.05) is 41.3 Å². The average molecular weight is 369 g/mol. The van der Waals surface area contributed by atoms with Gasteiger partial charge in [0.05, 0.1) is 16.8 Å². The first kappa shape index (κ1) is 18.5. The van der Waals surface area contributed by atoms with Gasteiger partial charge < -0.3 is 10.2 Å². The molecular weight excluding hydrogens is 344 g/mol. The largest absolute Gasteiger partial charge is 0.339 e. The Balaban J connectivity index is 1.83. The number of para-hydroxylation sites is 1. The minimum Gasteiger partial charge on any atom is -0.339 e. The zero-order chi connectivity index (χ0) is 18.5. The highest BCUT2D eigenvalue weighted by Crippen LogP contribution is 2.28. The summed E-state index contributed by atoms with van der Waals surface area (Å²) in [6.45, 7) is 5.77. The molecule has 0 aromatic heterocycles. The van der Waals surface area contributed by atoms with Crippen molar-refractivity contribution in [3.05, 3.63) is 59.7 Å². The Bertz CT molecular complexity index is 798. The predicted molar refractivity (Wildman–Crippen MR) is 107 cm³/mol. The first-order chi connectivity index (χ1) is 12.6. The molecule has 1 aliphatic rings. The standard InChI is InChI=1S/C21H24N2O2S/c1-15(2)26-19-12-6-4-10-17(19)20(24)22-18-11-5-3-9-16(18)21(25)23-13-7-8-14-23/h3-6,9-12,15H,7-8,13-14H2,1-2H3,(H,22,24). The van der Waals surface area contributed by atoms with E-state index in [-0.39, 0.29) is 11.8 Å². The number of carbonyl (C=O) groups excluding carboxylic acids is 2. The van der Waals surface area contributed by atoms with Gasteiger partial charge in [-0.05, 0) is 37.1 Å². The minimum atomic E-state index is -0.185. The van der Waals surface area contributed by atoms with E-state index in [0.29, 0.717) is 22.1 Å². The van der Waals surface area contributed by atoms with Gasteiger partial charge in [0.1, 0.15) is 0 Å². The molecule has 3 rings (SSSR count). The van der Waals surface area contributed by atoms with Crippen LogP contribution in [-0.4, -0.2) is 35.1 Å². The van der Waals surface area contributed by atoms with Crippen LogP contribution in [0.3, 0.4) is 0 Å². The van der Waals surface area contributed by atoms with Crippen LogP contribution >= 0.6 is 11.8 Å². The minimum absolute atomic E-state index is 0.0109. The molecule has 136 valence electrons. The third kappa shape index (κ3) is 4.28. The third-order valence-electron chi connectivity index (χ3n) is 4.29. The Hall–Kier alpha value is -2.27. The maximum atomic E-state index is 12.9. The SMILES string of the molecule is CC(C)Sc1ccccc1C(=O)Nc1ccccc1C(=O)N1CCCC1. The van der Waals surface area contributed by atoms with E-state index >= 15 is 0 Å². The molecule has 2 aromatic carbocycles. The van der Waals surface area contributed by atoms with Crippen molar-refractivity contribution in [3.63, 3.8) is 0 Å². The van der Waals surface area contributed by atoms with Gasteiger partial charge in [0.2, 0.25) is 0 Å². The number of hydrogen-bond acceptors (Lipinski definition) is 3. The van der Waals surface area contributed by atoms with Gasteiger partial charge in [-0.15, -0.1) is 11.8 Å². The van der Waals surface area contributed by atoms with Crippen molar-refractivity contribution in [2.75, 3.05) is 18.4 Å². The number of likely N-dealkylation sites (tertiary alicyclic amines) is 1. The lowest BCUT2D eigenvalue weighted by atomic mass is 10.1. The van der Waals surface area contributed by atoms with E-state index in [2.05, 4.69) is 19.2 Å². The number of nitrogens with one attached hydrogen (secondary N) is 1. The Labute approximate surface area is 159 Å². The van der Waals surface area contributed by atoms with E-state index in [0.717, 1.165) is 30.8 Å². The lowest BCUT2D eigenvalue weighted by molar-refractivity contribution is 0.0794. The fourth-order valence-corrected chi connectivity index (χ4v) is 4.02. The van der Waals surface area contributed by atoms with Gasteiger partial charge in [0.25, 0.3) is 11.8 Å². The predicted octanol–water partition coefficient (Wildman–Crippen LogP) is 4.68. The van der Waals surface area contributed by atoms with Crippen LogP contribution in [0.4, 0.5) is 5.69 Å². The number of hydrogen-bond donors (Lipinski definition) is 1. The summed E-state index contributed by atoms with van der Waals surface area (Å²) in [6, 6.07) is 14.8. The molecule has 0 aliphatic carbocycles. The maximum absolute atomic E-state index is 12.9. The highest BCUT2D eigenvalue weighted by molar-refractivity contribution is 8.00. The molecule has 1 N–H and O–H groups in total. The lowest BCUT2D eigenvalue weighted by Crippen LogP contribution is -2.28. The van der Waals surface area contributed by atoms with E-state index < -0.39 is 0 Å². The molecule has 5 heteroatoms. The second-order valence-electron chi connectivity index (χ2n) is 6.66. The summed E-state index contributed by atoms with van der Waals surface area (Å²) in [4.78, 5) is 28.4. The molecule has 0 unspecified atom stereocenters. The van der Waals surface area contributed by atoms with Crippen LogP contribution in [0.5, 0.6) is 0 Å². The number of benzene rings is 2. The first-order valence-electron chi connectivity index (χ1n) is 9.01. The van der Waals surface area contributed by atoms with Gasteiger partial charge in [-0.25, -0.2) is 0 Å². The summed E-state index contributed by atoms with van der Waals surface area (Å²) in [5.74, 6) is -0.196. The van der Waals surface area contributed by atoms with Gasteiger partial charge in [0, 0.05) is 23.2 Å². The molecule has 0 bridgehead atoms. The zero-order valence-corrected chi connectivity index (χ0v) is 16.0. The number of amides is 2. The van der Waals surface area contributed by atoms with Crippen LogP contribution in [0, 0.1) is 0 Å². The number of rotatable bonds is 5. The number of anilines is 1. The lowest BCUT2D eigenvalue weighted by Gasteiger charge is -2.18. The van der Waals surface area contributed by atoms with Gasteiger partial charge in [0.15, 0.2) is 0 Å². The fraction of sp³-hybridized carbons (Fsp3) is 0.333. The second kappa shape index (κ2) is 8.41. The fourth-order valence-electron chi connectivity index (χ4n) is 3.07. The molecule has 0 atom stereocenters. The van der Waals surface area contributed by atoms with Crippen molar-refractivity contribution >= 4 is 29.3 Å². The smallest absolute Gasteiger partial charge is 0.256 e. The normalized spacial score (nSPS) is 13.9. The molecule has 0 spiro atoms. The molecule has 0 saturated carbocycles. The van der Waals surface area contributed by atoms with Gasteiger partial charge in [-0.1, -0.05) is 38.1 Å². The summed E-state index contributed by atoms with van der Waals surface area (Å²) in [5, 5.41) is 3.33. The van der Waals surface area contributed by atoms with Gasteiger partial charge in [-0.3, -0.25) is 9.59 Å². The topological polar surface area (TPSA) is 49.4 Å². The molecule has 1 heterocycles. The molecular formula is C21H24N2O2S. The van der Waals surface area contributed by atoms with Crippen molar-refractivity contribution < 1.29 is 9.59 Å². The summed E-state index contributed by atoms with van der Waals surface area (Å²) in [6.07, 6.45) is 2.08. The molecule has 4 nitrogen and oxygen atoms in total. The Kier molecular flexibility index (Phi) is 5.99. The number of carbonyl (C=O) groups is 2. The van der Waals surface area contributed by atoms with Crippen molar-refractivity contribution in [1.82, 2.24) is 4.90 Å². The summed E-state index contributed by atoms with van der Waals surface area (Å²) < 4.78 is 0. The highest BCUT2D eigenvalue weighted by Gasteiger charge is 2.23. The zero-order valence-electron chi connectivity index (χ0n) is 15.2. The van der Waals surface area contributed by atoms with E-state index in [4.69, 9.17) is 0 Å². The summed E-state index contributed by atoms with van der Waals surface area (Å²) in [5.41, 5.74) is 1.75. The van der Waals surface area contributed by atoms with Crippen LogP contribution in [0.1, 0.15) is 47.4 Å². The Morgan fingerprint density at radius 1 is 0.962 bits per heavy atom. The molecule has 1 saturated heterocycles. The van der Waals surface area contributed by atoms with E-state index in [9.17, 15) is 9.59 Å². The van der Waals surface area contributed by atoms with Crippen LogP contribution < -0.4 is 5.32 Å². The maximum Gasteiger partial charge on any atom is 0.256 e. The van der Waals surface area contributed by atoms with Gasteiger partial charge in [-0.2, -0.15) is 0 Å². The van der Waals surface area contributed by atoms with E-state index in [1.54, 1.807) is 23.9 Å². The highest BCUT2D eigenvalue weighted by atomic mass is 32.2. The third-order valence-corrected chi connectivity index (χ3v) is 5.37. The molecule has 26 heavy (non-hydrogen) atoms. The molecule has 1 fully saturated rings. The second-order valence-corrected chi connectivity index (χ2v) is 8.28. The quantitative estimate of drug-likeness (QED) is 0.780. The average Bonchev–Trinajstić information content (AvgIpc) is 3.16. The molecule has 2 amide bonds. The number of thioether (sulfide) groups is 1. The van der Waals surface area contributed by atoms with Crippen LogP contribution in [0.2, 0.25) is 0 Å². The van der Waals surface area contributed by atoms with Crippen LogP contribution in [-0.2, 0) is 0 Å². The Morgan fingerprint density at radius 2 is 1.58 bits per heavy atom. The summed E-state index contributed by atoms with van der Waals surface area (Å²) in [7, 11) is 0. The number of nitrogens with zero attached hydrogens (tertiary/aromatic N) is 1. The van der Waals surface area contributed by atoms with Crippen LogP contribution in [0.25, 0.3) is 0 Å². The van der Waals surface area contributed by atoms with Crippen LogP contribution in [0.15, 0.2) is 53.4 Å². The molecule has 2 aromatic rings. The first-order valence-corrected chi connectivity index (χ1v) is 9.89. The van der Waals surface area contributed by atoms with Crippen molar-refractivity contribution in [1.29, 1.82) is 0 Å². The van der Waals surface area contributed by atoms with Crippen molar-refractivity contribution in [2.45, 2.75) is 36.8 Å².